The van der Waals surface area contributed by atoms with Gasteiger partial charge in [-0.05, 0) is 30.9 Å². The third-order valence-corrected chi connectivity index (χ3v) is 3.65. The largest absolute Gasteiger partial charge is 0.396 e. The van der Waals surface area contributed by atoms with Crippen molar-refractivity contribution in [1.29, 1.82) is 0 Å². The van der Waals surface area contributed by atoms with E-state index in [0.717, 1.165) is 0 Å². The second-order valence-electron chi connectivity index (χ2n) is 5.65. The molecular weight excluding hydrogens is 325 g/mol. The van der Waals surface area contributed by atoms with Gasteiger partial charge < -0.3 is 15.7 Å². The van der Waals surface area contributed by atoms with Crippen LogP contribution in [0.2, 0.25) is 0 Å². The minimum atomic E-state index is -4.30. The number of hydrogen-bond acceptors (Lipinski definition) is 3. The average Bonchev–Trinajstić information content (AvgIpc) is 2.52. The van der Waals surface area contributed by atoms with Crippen molar-refractivity contribution >= 4 is 17.5 Å². The number of alkyl halides is 3. The topological polar surface area (TPSA) is 78.4 Å². The summed E-state index contributed by atoms with van der Waals surface area (Å²) in [5.74, 6) is -2.11. The summed E-state index contributed by atoms with van der Waals surface area (Å²) in [4.78, 5) is 23.7. The summed E-state index contributed by atoms with van der Waals surface area (Å²) in [5.41, 5.74) is 0.470. The van der Waals surface area contributed by atoms with E-state index in [4.69, 9.17) is 5.11 Å². The number of aliphatic hydroxyl groups is 1. The predicted octanol–water partition coefficient (Wildman–Crippen LogP) is 2.25. The molecule has 0 saturated heterocycles. The van der Waals surface area contributed by atoms with Gasteiger partial charge in [-0.1, -0.05) is 25.1 Å². The van der Waals surface area contributed by atoms with Gasteiger partial charge in [0, 0.05) is 24.8 Å². The van der Waals surface area contributed by atoms with Crippen LogP contribution in [0.4, 0.5) is 18.9 Å². The zero-order chi connectivity index (χ0) is 18.3. The molecule has 0 aliphatic heterocycles. The number of aliphatic hydroxyl groups excluding tert-OH is 1. The van der Waals surface area contributed by atoms with Crippen LogP contribution in [0.15, 0.2) is 24.3 Å². The van der Waals surface area contributed by atoms with Crippen LogP contribution in [0.3, 0.4) is 0 Å². The molecule has 5 nitrogen and oxygen atoms in total. The van der Waals surface area contributed by atoms with E-state index < -0.39 is 30.5 Å². The van der Waals surface area contributed by atoms with Gasteiger partial charge >= 0.3 is 18.0 Å². The SMILES string of the molecule is CC(CO)C(C)NC(=O)C(=O)Nc1ccccc1CCC(F)(F)F. The summed E-state index contributed by atoms with van der Waals surface area (Å²) in [6.07, 6.45) is -5.61. The second kappa shape index (κ2) is 8.68. The first-order valence-electron chi connectivity index (χ1n) is 7.51. The van der Waals surface area contributed by atoms with Crippen LogP contribution < -0.4 is 10.6 Å². The highest BCUT2D eigenvalue weighted by molar-refractivity contribution is 6.39. The Bertz CT molecular complexity index is 576. The molecule has 2 amide bonds. The van der Waals surface area contributed by atoms with E-state index in [2.05, 4.69) is 10.6 Å². The number of para-hydroxylation sites is 1. The Labute approximate surface area is 138 Å². The van der Waals surface area contributed by atoms with E-state index in [9.17, 15) is 22.8 Å². The van der Waals surface area contributed by atoms with Gasteiger partial charge in [0.25, 0.3) is 0 Å². The standard InChI is InChI=1S/C16H21F3N2O3/c1-10(9-22)11(2)20-14(23)15(24)21-13-6-4-3-5-12(13)7-8-16(17,18)19/h3-6,10-11,22H,7-9H2,1-2H3,(H,20,23)(H,21,24). The van der Waals surface area contributed by atoms with E-state index >= 15 is 0 Å². The number of amides is 2. The molecule has 1 aromatic carbocycles. The first-order valence-corrected chi connectivity index (χ1v) is 7.51. The zero-order valence-corrected chi connectivity index (χ0v) is 13.5. The number of hydrogen-bond donors (Lipinski definition) is 3. The Morgan fingerprint density at radius 2 is 1.79 bits per heavy atom. The van der Waals surface area contributed by atoms with Crippen molar-refractivity contribution in [2.75, 3.05) is 11.9 Å². The van der Waals surface area contributed by atoms with E-state index in [1.807, 2.05) is 0 Å². The fourth-order valence-corrected chi connectivity index (χ4v) is 1.89. The van der Waals surface area contributed by atoms with Crippen LogP contribution in [0, 0.1) is 5.92 Å². The van der Waals surface area contributed by atoms with Gasteiger partial charge in [0.1, 0.15) is 0 Å². The molecule has 8 heteroatoms. The van der Waals surface area contributed by atoms with E-state index in [1.165, 1.54) is 12.1 Å². The molecular formula is C16H21F3N2O3. The maximum Gasteiger partial charge on any atom is 0.389 e. The Kier molecular flexibility index (Phi) is 7.21. The van der Waals surface area contributed by atoms with Crippen LogP contribution in [0.1, 0.15) is 25.8 Å². The molecule has 2 atom stereocenters. The van der Waals surface area contributed by atoms with E-state index in [1.54, 1.807) is 26.0 Å². The average molecular weight is 346 g/mol. The first kappa shape index (κ1) is 20.0. The van der Waals surface area contributed by atoms with Gasteiger partial charge in [0.05, 0.1) is 0 Å². The fraction of sp³-hybridized carbons (Fsp3) is 0.500. The zero-order valence-electron chi connectivity index (χ0n) is 13.5. The molecule has 1 aromatic rings. The van der Waals surface area contributed by atoms with Gasteiger partial charge in [-0.25, -0.2) is 0 Å². The maximum atomic E-state index is 12.3. The Morgan fingerprint density at radius 3 is 2.38 bits per heavy atom. The number of anilines is 1. The van der Waals surface area contributed by atoms with Crippen LogP contribution in [-0.4, -0.2) is 35.7 Å². The Morgan fingerprint density at radius 1 is 1.17 bits per heavy atom. The number of nitrogens with one attached hydrogen (secondary N) is 2. The van der Waals surface area contributed by atoms with E-state index in [-0.39, 0.29) is 24.6 Å². The van der Waals surface area contributed by atoms with Gasteiger partial charge in [0.15, 0.2) is 0 Å². The molecule has 0 saturated carbocycles. The van der Waals surface area contributed by atoms with Gasteiger partial charge in [-0.3, -0.25) is 9.59 Å². The molecule has 0 heterocycles. The summed E-state index contributed by atoms with van der Waals surface area (Å²) in [6.45, 7) is 3.20. The summed E-state index contributed by atoms with van der Waals surface area (Å²) in [5, 5.41) is 13.8. The second-order valence-corrected chi connectivity index (χ2v) is 5.65. The van der Waals surface area contributed by atoms with Crippen molar-refractivity contribution in [2.45, 2.75) is 38.9 Å². The highest BCUT2D eigenvalue weighted by Gasteiger charge is 2.27. The molecule has 2 unspecified atom stereocenters. The Balaban J connectivity index is 2.71. The van der Waals surface area contributed by atoms with Crippen molar-refractivity contribution < 1.29 is 27.9 Å². The lowest BCUT2D eigenvalue weighted by atomic mass is 10.1. The number of carbonyl (C=O) groups excluding carboxylic acids is 2. The van der Waals surface area contributed by atoms with Gasteiger partial charge in [-0.15, -0.1) is 0 Å². The monoisotopic (exact) mass is 346 g/mol. The lowest BCUT2D eigenvalue weighted by molar-refractivity contribution is -0.136. The van der Waals surface area contributed by atoms with Crippen LogP contribution >= 0.6 is 0 Å². The normalized spacial score (nSPS) is 13.9. The van der Waals surface area contributed by atoms with Crippen LogP contribution in [0.5, 0.6) is 0 Å². The molecule has 1 rings (SSSR count). The number of halogens is 3. The minimum Gasteiger partial charge on any atom is -0.396 e. The lowest BCUT2D eigenvalue weighted by Crippen LogP contribution is -2.44. The van der Waals surface area contributed by atoms with Crippen molar-refractivity contribution in [2.24, 2.45) is 5.92 Å². The first-order chi connectivity index (χ1) is 11.1. The van der Waals surface area contributed by atoms with Crippen LogP contribution in [-0.2, 0) is 16.0 Å². The molecule has 0 aliphatic rings. The number of benzene rings is 1. The number of carbonyl (C=O) groups is 2. The van der Waals surface area contributed by atoms with Crippen LogP contribution in [0.25, 0.3) is 0 Å². The highest BCUT2D eigenvalue weighted by atomic mass is 19.4. The predicted molar refractivity (Wildman–Crippen MR) is 83.3 cm³/mol. The maximum absolute atomic E-state index is 12.3. The van der Waals surface area contributed by atoms with Crippen molar-refractivity contribution in [3.63, 3.8) is 0 Å². The third-order valence-electron chi connectivity index (χ3n) is 3.65. The van der Waals surface area contributed by atoms with Crippen molar-refractivity contribution in [1.82, 2.24) is 5.32 Å². The fourth-order valence-electron chi connectivity index (χ4n) is 1.89. The molecule has 0 fully saturated rings. The molecule has 0 bridgehead atoms. The summed E-state index contributed by atoms with van der Waals surface area (Å²) in [6, 6.07) is 5.61. The Hall–Kier alpha value is -2.09. The van der Waals surface area contributed by atoms with Crippen molar-refractivity contribution in [3.05, 3.63) is 29.8 Å². The molecule has 0 spiro atoms. The van der Waals surface area contributed by atoms with Gasteiger partial charge in [0.2, 0.25) is 0 Å². The minimum absolute atomic E-state index is 0.149. The molecule has 0 radical (unpaired) electrons. The van der Waals surface area contributed by atoms with Gasteiger partial charge in [-0.2, -0.15) is 13.2 Å². The lowest BCUT2D eigenvalue weighted by Gasteiger charge is -2.19. The smallest absolute Gasteiger partial charge is 0.389 e. The summed E-state index contributed by atoms with van der Waals surface area (Å²) in [7, 11) is 0. The van der Waals surface area contributed by atoms with E-state index in [0.29, 0.717) is 5.56 Å². The summed E-state index contributed by atoms with van der Waals surface area (Å²) >= 11 is 0. The summed E-state index contributed by atoms with van der Waals surface area (Å²) < 4.78 is 37.0. The number of aryl methyl sites for hydroxylation is 1. The molecule has 3 N–H and O–H groups in total. The highest BCUT2D eigenvalue weighted by Crippen LogP contribution is 2.25. The number of rotatable bonds is 6. The molecule has 0 aliphatic carbocycles. The van der Waals surface area contributed by atoms with Crippen molar-refractivity contribution in [3.8, 4) is 0 Å². The third kappa shape index (κ3) is 6.57. The molecule has 134 valence electrons. The molecule has 0 aromatic heterocycles. The quantitative estimate of drug-likeness (QED) is 0.692. The molecule has 24 heavy (non-hydrogen) atoms.